The third-order valence-corrected chi connectivity index (χ3v) is 4.31. The first-order valence-electron chi connectivity index (χ1n) is 6.96. The maximum absolute atomic E-state index is 5.91. The second-order valence-electron chi connectivity index (χ2n) is 5.01. The largest absolute Gasteiger partial charge is 0.373 e. The molecule has 5 heteroatoms. The minimum atomic E-state index is 0.736. The maximum atomic E-state index is 5.91. The molecule has 1 aromatic carbocycles. The third kappa shape index (κ3) is 3.64. The van der Waals surface area contributed by atoms with Crippen LogP contribution < -0.4 is 4.90 Å². The van der Waals surface area contributed by atoms with Crippen LogP contribution in [0.25, 0.3) is 11.3 Å². The van der Waals surface area contributed by atoms with Crippen molar-refractivity contribution in [3.63, 3.8) is 0 Å². The molecule has 0 saturated heterocycles. The Morgan fingerprint density at radius 3 is 2.64 bits per heavy atom. The molecular weight excluding hydrogens is 314 g/mol. The van der Waals surface area contributed by atoms with Crippen LogP contribution >= 0.6 is 22.9 Å². The molecule has 2 aromatic heterocycles. The summed E-state index contributed by atoms with van der Waals surface area (Å²) in [5.74, 6) is 0. The predicted octanol–water partition coefficient (Wildman–Crippen LogP) is 4.34. The minimum Gasteiger partial charge on any atom is -0.373 e. The van der Waals surface area contributed by atoms with Gasteiger partial charge in [0.1, 0.15) is 0 Å². The first-order valence-corrected chi connectivity index (χ1v) is 8.22. The van der Waals surface area contributed by atoms with Crippen LogP contribution in [0.3, 0.4) is 0 Å². The lowest BCUT2D eigenvalue weighted by atomic mass is 10.1. The number of rotatable bonds is 5. The van der Waals surface area contributed by atoms with Crippen molar-refractivity contribution in [2.45, 2.75) is 6.42 Å². The molecule has 22 heavy (non-hydrogen) atoms. The van der Waals surface area contributed by atoms with Gasteiger partial charge in [-0.1, -0.05) is 23.7 Å². The first-order chi connectivity index (χ1) is 10.7. The zero-order chi connectivity index (χ0) is 15.4. The molecule has 2 heterocycles. The molecule has 111 valence electrons. The van der Waals surface area contributed by atoms with E-state index in [1.807, 2.05) is 41.9 Å². The number of hydrogen-bond acceptors (Lipinski definition) is 4. The highest BCUT2D eigenvalue weighted by Crippen LogP contribution is 2.21. The van der Waals surface area contributed by atoms with E-state index in [4.69, 9.17) is 11.6 Å². The Labute approximate surface area is 139 Å². The zero-order valence-electron chi connectivity index (χ0n) is 12.2. The molecule has 3 nitrogen and oxygen atoms in total. The Balaban J connectivity index is 1.66. The number of hydrogen-bond donors (Lipinski definition) is 0. The molecule has 0 bridgehead atoms. The van der Waals surface area contributed by atoms with E-state index in [9.17, 15) is 0 Å². The number of halogens is 1. The Bertz CT molecular complexity index is 709. The van der Waals surface area contributed by atoms with Crippen molar-refractivity contribution in [1.82, 2.24) is 9.97 Å². The van der Waals surface area contributed by atoms with Gasteiger partial charge in [-0.2, -0.15) is 0 Å². The van der Waals surface area contributed by atoms with Gasteiger partial charge < -0.3 is 4.90 Å². The summed E-state index contributed by atoms with van der Waals surface area (Å²) >= 11 is 7.42. The summed E-state index contributed by atoms with van der Waals surface area (Å²) in [4.78, 5) is 10.9. The van der Waals surface area contributed by atoms with Crippen molar-refractivity contribution in [3.05, 3.63) is 64.2 Å². The minimum absolute atomic E-state index is 0.736. The predicted molar refractivity (Wildman–Crippen MR) is 92.6 cm³/mol. The lowest BCUT2D eigenvalue weighted by molar-refractivity contribution is 0.856. The third-order valence-electron chi connectivity index (χ3n) is 3.47. The number of likely N-dealkylation sites (N-methyl/N-ethyl adjacent to an activating group) is 1. The SMILES string of the molecule is CN(CCc1cs[c]n1)c1ccc(-c2ccc(Cl)cc2)nc1. The summed E-state index contributed by atoms with van der Waals surface area (Å²) in [6.45, 7) is 0.902. The van der Waals surface area contributed by atoms with E-state index >= 15 is 0 Å². The number of anilines is 1. The highest BCUT2D eigenvalue weighted by molar-refractivity contribution is 7.07. The second-order valence-corrected chi connectivity index (χ2v) is 6.10. The van der Waals surface area contributed by atoms with E-state index in [0.29, 0.717) is 0 Å². The monoisotopic (exact) mass is 328 g/mol. The molecule has 0 amide bonds. The van der Waals surface area contributed by atoms with Gasteiger partial charge >= 0.3 is 0 Å². The second kappa shape index (κ2) is 6.90. The Morgan fingerprint density at radius 1 is 1.18 bits per heavy atom. The fourth-order valence-electron chi connectivity index (χ4n) is 2.14. The van der Waals surface area contributed by atoms with Crippen molar-refractivity contribution < 1.29 is 0 Å². The van der Waals surface area contributed by atoms with Crippen molar-refractivity contribution in [2.24, 2.45) is 0 Å². The highest BCUT2D eigenvalue weighted by atomic mass is 35.5. The molecule has 0 aliphatic rings. The van der Waals surface area contributed by atoms with E-state index in [-0.39, 0.29) is 0 Å². The van der Waals surface area contributed by atoms with Crippen LogP contribution in [0.5, 0.6) is 0 Å². The summed E-state index contributed by atoms with van der Waals surface area (Å²) < 4.78 is 0. The first kappa shape index (κ1) is 15.0. The van der Waals surface area contributed by atoms with Crippen LogP contribution in [-0.4, -0.2) is 23.6 Å². The summed E-state index contributed by atoms with van der Waals surface area (Å²) in [6.07, 6.45) is 2.81. The van der Waals surface area contributed by atoms with E-state index < -0.39 is 0 Å². The van der Waals surface area contributed by atoms with Gasteiger partial charge in [0, 0.05) is 36.0 Å². The number of thiazole rings is 1. The molecule has 3 rings (SSSR count). The lowest BCUT2D eigenvalue weighted by Gasteiger charge is -2.18. The smallest absolute Gasteiger partial charge is 0.152 e. The van der Waals surface area contributed by atoms with Crippen LogP contribution in [0.2, 0.25) is 5.02 Å². The molecule has 0 N–H and O–H groups in total. The normalized spacial score (nSPS) is 10.6. The molecule has 1 radical (unpaired) electrons. The van der Waals surface area contributed by atoms with Crippen LogP contribution in [0.1, 0.15) is 5.69 Å². The standard InChI is InChI=1S/C17H15ClN3S/c1-21(9-8-15-11-22-12-20-15)16-6-7-17(19-10-16)13-2-4-14(18)5-3-13/h2-7,10-11H,8-9H2,1H3. The average Bonchev–Trinajstić information content (AvgIpc) is 3.07. The summed E-state index contributed by atoms with van der Waals surface area (Å²) in [5.41, 5.74) is 7.07. The molecule has 0 unspecified atom stereocenters. The van der Waals surface area contributed by atoms with Gasteiger partial charge in [0.25, 0.3) is 0 Å². The molecule has 0 spiro atoms. The average molecular weight is 329 g/mol. The van der Waals surface area contributed by atoms with Crippen LogP contribution in [0, 0.1) is 5.51 Å². The van der Waals surface area contributed by atoms with Crippen molar-refractivity contribution in [1.29, 1.82) is 0 Å². The lowest BCUT2D eigenvalue weighted by Crippen LogP contribution is -2.20. The molecule has 3 aromatic rings. The van der Waals surface area contributed by atoms with Crippen molar-refractivity contribution >= 4 is 28.6 Å². The Morgan fingerprint density at radius 2 is 2.00 bits per heavy atom. The van der Waals surface area contributed by atoms with Gasteiger partial charge in [0.05, 0.1) is 23.3 Å². The van der Waals surface area contributed by atoms with Gasteiger partial charge in [0.15, 0.2) is 5.51 Å². The van der Waals surface area contributed by atoms with Crippen LogP contribution in [0.15, 0.2) is 48.0 Å². The summed E-state index contributed by atoms with van der Waals surface area (Å²) in [7, 11) is 2.06. The van der Waals surface area contributed by atoms with E-state index in [1.165, 1.54) is 11.3 Å². The van der Waals surface area contributed by atoms with Gasteiger partial charge in [-0.3, -0.25) is 4.98 Å². The van der Waals surface area contributed by atoms with E-state index in [1.54, 1.807) is 0 Å². The molecule has 0 fully saturated rings. The van der Waals surface area contributed by atoms with Crippen LogP contribution in [-0.2, 0) is 6.42 Å². The fraction of sp³-hybridized carbons (Fsp3) is 0.176. The number of nitrogens with zero attached hydrogens (tertiary/aromatic N) is 3. The molecular formula is C17H15ClN3S. The summed E-state index contributed by atoms with van der Waals surface area (Å²) in [5, 5.41) is 2.77. The molecule has 0 atom stereocenters. The van der Waals surface area contributed by atoms with Crippen molar-refractivity contribution in [2.75, 3.05) is 18.5 Å². The van der Waals surface area contributed by atoms with Gasteiger partial charge in [-0.05, 0) is 24.3 Å². The van der Waals surface area contributed by atoms with Crippen LogP contribution in [0.4, 0.5) is 5.69 Å². The number of benzene rings is 1. The zero-order valence-corrected chi connectivity index (χ0v) is 13.7. The topological polar surface area (TPSA) is 29.0 Å². The number of aromatic nitrogens is 2. The summed E-state index contributed by atoms with van der Waals surface area (Å²) in [6, 6.07) is 11.8. The van der Waals surface area contributed by atoms with Gasteiger partial charge in [-0.15, -0.1) is 11.3 Å². The van der Waals surface area contributed by atoms with Crippen molar-refractivity contribution in [3.8, 4) is 11.3 Å². The fourth-order valence-corrected chi connectivity index (χ4v) is 2.79. The van der Waals surface area contributed by atoms with E-state index in [0.717, 1.165) is 40.6 Å². The maximum Gasteiger partial charge on any atom is 0.152 e. The molecule has 0 aliphatic carbocycles. The van der Waals surface area contributed by atoms with Gasteiger partial charge in [0.2, 0.25) is 0 Å². The molecule has 0 saturated carbocycles. The Kier molecular flexibility index (Phi) is 4.71. The van der Waals surface area contributed by atoms with E-state index in [2.05, 4.69) is 33.5 Å². The van der Waals surface area contributed by atoms with Gasteiger partial charge in [-0.25, -0.2) is 4.98 Å². The number of pyridine rings is 1. The highest BCUT2D eigenvalue weighted by Gasteiger charge is 2.05. The molecule has 0 aliphatic heterocycles. The quantitative estimate of drug-likeness (QED) is 0.697. The Hall–Kier alpha value is -1.91.